The fourth-order valence-corrected chi connectivity index (χ4v) is 3.17. The van der Waals surface area contributed by atoms with Gasteiger partial charge in [-0.25, -0.2) is 8.42 Å². The number of anilines is 1. The smallest absolute Gasteiger partial charge is 0.262 e. The van der Waals surface area contributed by atoms with E-state index in [4.69, 9.17) is 16.9 Å². The molecule has 7 heteroatoms. The molecule has 0 fully saturated rings. The van der Waals surface area contributed by atoms with Crippen LogP contribution in [0.4, 0.5) is 5.69 Å². The Balaban J connectivity index is 2.42. The SMILES string of the molecule is Cc1cc(C#N)ccc1S(=O)(=O)Nc1cnccc1Cl. The highest BCUT2D eigenvalue weighted by molar-refractivity contribution is 7.92. The van der Waals surface area contributed by atoms with Crippen LogP contribution in [0.25, 0.3) is 0 Å². The van der Waals surface area contributed by atoms with Crippen LogP contribution in [0.1, 0.15) is 11.1 Å². The molecule has 0 aliphatic carbocycles. The lowest BCUT2D eigenvalue weighted by atomic mass is 10.2. The highest BCUT2D eigenvalue weighted by Gasteiger charge is 2.18. The predicted octanol–water partition coefficient (Wildman–Crippen LogP) is 2.72. The normalized spacial score (nSPS) is 10.8. The Bertz CT molecular complexity index is 798. The van der Waals surface area contributed by atoms with Gasteiger partial charge in [0.05, 0.1) is 33.4 Å². The molecule has 20 heavy (non-hydrogen) atoms. The van der Waals surface area contributed by atoms with Crippen LogP contribution < -0.4 is 4.72 Å². The van der Waals surface area contributed by atoms with E-state index < -0.39 is 10.0 Å². The molecule has 0 aliphatic heterocycles. The van der Waals surface area contributed by atoms with Crippen LogP contribution in [-0.2, 0) is 10.0 Å². The van der Waals surface area contributed by atoms with Gasteiger partial charge >= 0.3 is 0 Å². The van der Waals surface area contributed by atoms with Gasteiger partial charge in [0, 0.05) is 6.20 Å². The highest BCUT2D eigenvalue weighted by atomic mass is 35.5. The molecule has 0 spiro atoms. The van der Waals surface area contributed by atoms with Crippen LogP contribution in [-0.4, -0.2) is 13.4 Å². The average Bonchev–Trinajstić information content (AvgIpc) is 2.40. The number of benzene rings is 1. The maximum atomic E-state index is 12.3. The third kappa shape index (κ3) is 2.90. The molecule has 1 N–H and O–H groups in total. The molecule has 2 rings (SSSR count). The zero-order valence-corrected chi connectivity index (χ0v) is 12.0. The molecule has 102 valence electrons. The number of halogens is 1. The lowest BCUT2D eigenvalue weighted by Gasteiger charge is -2.11. The molecular weight excluding hydrogens is 298 g/mol. The summed E-state index contributed by atoms with van der Waals surface area (Å²) < 4.78 is 27.0. The van der Waals surface area contributed by atoms with Gasteiger partial charge in [0.2, 0.25) is 0 Å². The second-order valence-corrected chi connectivity index (χ2v) is 6.11. The first-order chi connectivity index (χ1) is 9.44. The number of aryl methyl sites for hydroxylation is 1. The predicted molar refractivity (Wildman–Crippen MR) is 75.9 cm³/mol. The lowest BCUT2D eigenvalue weighted by molar-refractivity contribution is 0.600. The minimum absolute atomic E-state index is 0.0939. The Hall–Kier alpha value is -2.10. The minimum Gasteiger partial charge on any atom is -0.277 e. The van der Waals surface area contributed by atoms with Gasteiger partial charge in [0.1, 0.15) is 0 Å². The van der Waals surface area contributed by atoms with E-state index in [0.29, 0.717) is 11.1 Å². The molecule has 0 atom stereocenters. The number of hydrogen-bond donors (Lipinski definition) is 1. The van der Waals surface area contributed by atoms with Gasteiger partial charge in [-0.15, -0.1) is 0 Å². The first kappa shape index (κ1) is 14.3. The van der Waals surface area contributed by atoms with Crippen molar-refractivity contribution in [3.8, 4) is 6.07 Å². The number of aromatic nitrogens is 1. The van der Waals surface area contributed by atoms with Crippen LogP contribution in [0.3, 0.4) is 0 Å². The maximum absolute atomic E-state index is 12.3. The van der Waals surface area contributed by atoms with E-state index in [1.165, 1.54) is 36.7 Å². The van der Waals surface area contributed by atoms with Crippen molar-refractivity contribution in [2.24, 2.45) is 0 Å². The summed E-state index contributed by atoms with van der Waals surface area (Å²) in [5.74, 6) is 0. The summed E-state index contributed by atoms with van der Waals surface area (Å²) in [7, 11) is -3.78. The average molecular weight is 308 g/mol. The van der Waals surface area contributed by atoms with Crippen molar-refractivity contribution in [3.63, 3.8) is 0 Å². The number of nitrogens with zero attached hydrogens (tertiary/aromatic N) is 2. The van der Waals surface area contributed by atoms with E-state index in [9.17, 15) is 8.42 Å². The van der Waals surface area contributed by atoms with Crippen LogP contribution >= 0.6 is 11.6 Å². The van der Waals surface area contributed by atoms with E-state index in [2.05, 4.69) is 9.71 Å². The molecule has 5 nitrogen and oxygen atoms in total. The molecule has 1 heterocycles. The van der Waals surface area contributed by atoms with E-state index >= 15 is 0 Å². The van der Waals surface area contributed by atoms with Crippen molar-refractivity contribution in [1.29, 1.82) is 5.26 Å². The van der Waals surface area contributed by atoms with Crippen molar-refractivity contribution in [3.05, 3.63) is 52.8 Å². The van der Waals surface area contributed by atoms with E-state index in [1.807, 2.05) is 6.07 Å². The van der Waals surface area contributed by atoms with Crippen molar-refractivity contribution < 1.29 is 8.42 Å². The summed E-state index contributed by atoms with van der Waals surface area (Å²) in [5.41, 5.74) is 1.09. The molecule has 0 saturated heterocycles. The summed E-state index contributed by atoms with van der Waals surface area (Å²) in [5, 5.41) is 9.05. The number of sulfonamides is 1. The summed E-state index contributed by atoms with van der Waals surface area (Å²) in [6.45, 7) is 1.63. The van der Waals surface area contributed by atoms with Gasteiger partial charge in [0.25, 0.3) is 10.0 Å². The minimum atomic E-state index is -3.78. The van der Waals surface area contributed by atoms with Gasteiger partial charge in [-0.3, -0.25) is 9.71 Å². The topological polar surface area (TPSA) is 82.8 Å². The van der Waals surface area contributed by atoms with Crippen LogP contribution in [0.15, 0.2) is 41.6 Å². The number of nitriles is 1. The third-order valence-electron chi connectivity index (χ3n) is 2.61. The summed E-state index contributed by atoms with van der Waals surface area (Å²) in [6, 6.07) is 7.80. The Kier molecular flexibility index (Phi) is 3.93. The van der Waals surface area contributed by atoms with Crippen LogP contribution in [0.2, 0.25) is 5.02 Å². The summed E-state index contributed by atoms with van der Waals surface area (Å²) in [4.78, 5) is 3.91. The van der Waals surface area contributed by atoms with E-state index in [1.54, 1.807) is 6.92 Å². The van der Waals surface area contributed by atoms with Gasteiger partial charge in [-0.2, -0.15) is 5.26 Å². The Morgan fingerprint density at radius 2 is 2.10 bits per heavy atom. The molecule has 0 bridgehead atoms. The van der Waals surface area contributed by atoms with Gasteiger partial charge in [-0.1, -0.05) is 11.6 Å². The van der Waals surface area contributed by atoms with Crippen LogP contribution in [0.5, 0.6) is 0 Å². The number of hydrogen-bond acceptors (Lipinski definition) is 4. The first-order valence-electron chi connectivity index (χ1n) is 5.57. The lowest BCUT2D eigenvalue weighted by Crippen LogP contribution is -2.14. The van der Waals surface area contributed by atoms with Gasteiger partial charge < -0.3 is 0 Å². The molecule has 0 saturated carbocycles. The number of pyridine rings is 1. The third-order valence-corrected chi connectivity index (χ3v) is 4.46. The highest BCUT2D eigenvalue weighted by Crippen LogP contribution is 2.24. The van der Waals surface area contributed by atoms with Crippen molar-refractivity contribution in [1.82, 2.24) is 4.98 Å². The first-order valence-corrected chi connectivity index (χ1v) is 7.43. The largest absolute Gasteiger partial charge is 0.277 e. The van der Waals surface area contributed by atoms with E-state index in [0.717, 1.165) is 0 Å². The van der Waals surface area contributed by atoms with Gasteiger partial charge in [0.15, 0.2) is 0 Å². The second kappa shape index (κ2) is 5.49. The fourth-order valence-electron chi connectivity index (χ4n) is 1.67. The quantitative estimate of drug-likeness (QED) is 0.945. The summed E-state index contributed by atoms with van der Waals surface area (Å²) in [6.07, 6.45) is 2.80. The maximum Gasteiger partial charge on any atom is 0.262 e. The zero-order chi connectivity index (χ0) is 14.8. The Labute approximate surface area is 121 Å². The molecule has 2 aromatic rings. The zero-order valence-electron chi connectivity index (χ0n) is 10.5. The van der Waals surface area contributed by atoms with Gasteiger partial charge in [-0.05, 0) is 36.8 Å². The van der Waals surface area contributed by atoms with Crippen LogP contribution in [0, 0.1) is 18.3 Å². The molecular formula is C13H10ClN3O2S. The number of nitrogens with one attached hydrogen (secondary N) is 1. The Morgan fingerprint density at radius 3 is 2.70 bits per heavy atom. The standard InChI is InChI=1S/C13H10ClN3O2S/c1-9-6-10(7-15)2-3-13(9)20(18,19)17-12-8-16-5-4-11(12)14/h2-6,8,17H,1H3. The molecule has 0 amide bonds. The molecule has 0 aliphatic rings. The summed E-state index contributed by atoms with van der Waals surface area (Å²) >= 11 is 5.90. The molecule has 0 radical (unpaired) electrons. The van der Waals surface area contributed by atoms with Crippen molar-refractivity contribution >= 4 is 27.3 Å². The molecule has 0 unspecified atom stereocenters. The monoisotopic (exact) mass is 307 g/mol. The fraction of sp³-hybridized carbons (Fsp3) is 0.0769. The Morgan fingerprint density at radius 1 is 1.35 bits per heavy atom. The second-order valence-electron chi connectivity index (χ2n) is 4.05. The molecule has 1 aromatic carbocycles. The molecule has 1 aromatic heterocycles. The van der Waals surface area contributed by atoms with E-state index in [-0.39, 0.29) is 15.6 Å². The van der Waals surface area contributed by atoms with Crippen molar-refractivity contribution in [2.75, 3.05) is 4.72 Å². The van der Waals surface area contributed by atoms with Crippen molar-refractivity contribution in [2.45, 2.75) is 11.8 Å². The number of rotatable bonds is 3.